The second-order valence-corrected chi connectivity index (χ2v) is 4.04. The molecule has 1 aromatic heterocycles. The van der Waals surface area contributed by atoms with Gasteiger partial charge in [0.2, 0.25) is 0 Å². The smallest absolute Gasteiger partial charge is 0.141 e. The Kier molecular flexibility index (Phi) is 3.26. The molecule has 0 aliphatic heterocycles. The molecule has 0 aliphatic carbocycles. The highest BCUT2D eigenvalue weighted by molar-refractivity contribution is 5.36. The van der Waals surface area contributed by atoms with Crippen molar-refractivity contribution in [3.8, 4) is 0 Å². The number of benzene rings is 1. The average molecular weight is 232 g/mol. The molecule has 0 radical (unpaired) electrons. The second kappa shape index (κ2) is 4.69. The van der Waals surface area contributed by atoms with Gasteiger partial charge in [-0.3, -0.25) is 5.10 Å². The summed E-state index contributed by atoms with van der Waals surface area (Å²) in [5.41, 5.74) is 1.15. The minimum absolute atomic E-state index is 0.192. The fourth-order valence-corrected chi connectivity index (χ4v) is 2.02. The number of aromatic amines is 1. The number of aliphatic hydroxyl groups is 1. The predicted molar refractivity (Wildman–Crippen MR) is 64.6 cm³/mol. The number of H-pyrrole nitrogens is 1. The van der Waals surface area contributed by atoms with Gasteiger partial charge in [0.1, 0.15) is 5.60 Å². The lowest BCUT2D eigenvalue weighted by molar-refractivity contribution is -0.00368. The Balaban J connectivity index is 2.50. The maximum absolute atomic E-state index is 10.8. The summed E-state index contributed by atoms with van der Waals surface area (Å²) in [6.07, 6.45) is 1.71. The molecule has 2 N–H and O–H groups in total. The van der Waals surface area contributed by atoms with E-state index >= 15 is 0 Å². The summed E-state index contributed by atoms with van der Waals surface area (Å²) in [6, 6.07) is 9.46. The van der Waals surface area contributed by atoms with E-state index in [1.165, 1.54) is 0 Å². The van der Waals surface area contributed by atoms with Gasteiger partial charge in [-0.25, -0.2) is 0 Å². The van der Waals surface area contributed by atoms with Crippen LogP contribution in [-0.4, -0.2) is 29.0 Å². The number of ether oxygens (including phenoxy) is 1. The zero-order valence-corrected chi connectivity index (χ0v) is 9.97. The zero-order valence-electron chi connectivity index (χ0n) is 9.97. The maximum atomic E-state index is 10.8. The summed E-state index contributed by atoms with van der Waals surface area (Å²) in [7, 11) is 1.57. The molecule has 1 heterocycles. The van der Waals surface area contributed by atoms with Gasteiger partial charge in [0.15, 0.2) is 0 Å². The van der Waals surface area contributed by atoms with E-state index in [4.69, 9.17) is 4.74 Å². The quantitative estimate of drug-likeness (QED) is 0.841. The third-order valence-electron chi connectivity index (χ3n) is 2.88. The predicted octanol–water partition coefficient (Wildman–Crippen LogP) is 1.60. The molecule has 4 heteroatoms. The van der Waals surface area contributed by atoms with Crippen molar-refractivity contribution < 1.29 is 9.84 Å². The summed E-state index contributed by atoms with van der Waals surface area (Å²) in [6.45, 7) is 2.05. The average Bonchev–Trinajstić information content (AvgIpc) is 2.77. The van der Waals surface area contributed by atoms with Crippen molar-refractivity contribution in [1.82, 2.24) is 10.2 Å². The Morgan fingerprint density at radius 3 is 2.59 bits per heavy atom. The molecule has 0 amide bonds. The number of nitrogens with zero attached hydrogens (tertiary/aromatic N) is 1. The zero-order chi connectivity index (χ0) is 12.3. The van der Waals surface area contributed by atoms with Gasteiger partial charge in [-0.15, -0.1) is 0 Å². The van der Waals surface area contributed by atoms with Crippen LogP contribution in [0.3, 0.4) is 0 Å². The van der Waals surface area contributed by atoms with Gasteiger partial charge in [0, 0.05) is 18.9 Å². The van der Waals surface area contributed by atoms with Gasteiger partial charge in [-0.05, 0) is 12.5 Å². The Morgan fingerprint density at radius 2 is 2.06 bits per heavy atom. The Hall–Kier alpha value is -1.65. The summed E-state index contributed by atoms with van der Waals surface area (Å²) < 4.78 is 5.15. The van der Waals surface area contributed by atoms with Crippen LogP contribution in [0.2, 0.25) is 0 Å². The van der Waals surface area contributed by atoms with Gasteiger partial charge in [-0.2, -0.15) is 5.10 Å². The van der Waals surface area contributed by atoms with Crippen LogP contribution in [0.15, 0.2) is 36.5 Å². The van der Waals surface area contributed by atoms with Gasteiger partial charge < -0.3 is 9.84 Å². The van der Waals surface area contributed by atoms with Crippen molar-refractivity contribution in [3.63, 3.8) is 0 Å². The first kappa shape index (κ1) is 11.8. The van der Waals surface area contributed by atoms with Crippen LogP contribution in [-0.2, 0) is 10.3 Å². The van der Waals surface area contributed by atoms with E-state index in [9.17, 15) is 5.11 Å². The number of nitrogens with one attached hydrogen (secondary N) is 1. The van der Waals surface area contributed by atoms with Crippen molar-refractivity contribution in [2.75, 3.05) is 13.7 Å². The molecule has 0 spiro atoms. The van der Waals surface area contributed by atoms with Crippen molar-refractivity contribution in [2.24, 2.45) is 0 Å². The highest BCUT2D eigenvalue weighted by atomic mass is 16.5. The third kappa shape index (κ3) is 2.09. The molecule has 1 aromatic carbocycles. The lowest BCUT2D eigenvalue weighted by atomic mass is 9.87. The number of methoxy groups -OCH3 is 1. The topological polar surface area (TPSA) is 58.1 Å². The number of hydrogen-bond acceptors (Lipinski definition) is 3. The molecule has 0 bridgehead atoms. The molecule has 0 saturated heterocycles. The lowest BCUT2D eigenvalue weighted by Crippen LogP contribution is -2.33. The Morgan fingerprint density at radius 1 is 1.35 bits per heavy atom. The van der Waals surface area contributed by atoms with Crippen LogP contribution in [0, 0.1) is 6.92 Å². The molecule has 90 valence electrons. The molecular weight excluding hydrogens is 216 g/mol. The van der Waals surface area contributed by atoms with Gasteiger partial charge in [0.05, 0.1) is 12.3 Å². The fraction of sp³-hybridized carbons (Fsp3) is 0.308. The van der Waals surface area contributed by atoms with E-state index in [2.05, 4.69) is 10.2 Å². The summed E-state index contributed by atoms with van der Waals surface area (Å²) in [4.78, 5) is 0. The van der Waals surface area contributed by atoms with E-state index in [0.29, 0.717) is 0 Å². The Bertz CT molecular complexity index is 481. The van der Waals surface area contributed by atoms with Crippen molar-refractivity contribution >= 4 is 0 Å². The van der Waals surface area contributed by atoms with Crippen molar-refractivity contribution in [3.05, 3.63) is 53.3 Å². The summed E-state index contributed by atoms with van der Waals surface area (Å²) in [5.74, 6) is 0. The van der Waals surface area contributed by atoms with E-state index in [1.807, 2.05) is 37.3 Å². The molecule has 4 nitrogen and oxygen atoms in total. The Labute approximate surface area is 100 Å². The van der Waals surface area contributed by atoms with Crippen molar-refractivity contribution in [1.29, 1.82) is 0 Å². The second-order valence-electron chi connectivity index (χ2n) is 4.04. The highest BCUT2D eigenvalue weighted by Crippen LogP contribution is 2.30. The van der Waals surface area contributed by atoms with Crippen LogP contribution >= 0.6 is 0 Å². The molecule has 0 aliphatic rings. The van der Waals surface area contributed by atoms with Crippen LogP contribution in [0.1, 0.15) is 16.8 Å². The van der Waals surface area contributed by atoms with E-state index in [0.717, 1.165) is 16.8 Å². The molecule has 2 rings (SSSR count). The molecule has 17 heavy (non-hydrogen) atoms. The SMILES string of the molecule is COCC(O)(c1ccccc1)c1c[nH]nc1C. The third-order valence-corrected chi connectivity index (χ3v) is 2.88. The normalized spacial score (nSPS) is 14.5. The minimum atomic E-state index is -1.16. The molecule has 1 unspecified atom stereocenters. The minimum Gasteiger partial charge on any atom is -0.381 e. The van der Waals surface area contributed by atoms with E-state index in [-0.39, 0.29) is 6.61 Å². The van der Waals surface area contributed by atoms with Crippen LogP contribution in [0.5, 0.6) is 0 Å². The van der Waals surface area contributed by atoms with Crippen LogP contribution in [0.25, 0.3) is 0 Å². The first-order chi connectivity index (χ1) is 8.18. The molecular formula is C13H16N2O2. The molecule has 0 fully saturated rings. The monoisotopic (exact) mass is 232 g/mol. The van der Waals surface area contributed by atoms with Crippen LogP contribution in [0.4, 0.5) is 0 Å². The van der Waals surface area contributed by atoms with E-state index < -0.39 is 5.60 Å². The summed E-state index contributed by atoms with van der Waals surface area (Å²) in [5, 5.41) is 17.7. The van der Waals surface area contributed by atoms with Crippen molar-refractivity contribution in [2.45, 2.75) is 12.5 Å². The first-order valence-electron chi connectivity index (χ1n) is 5.46. The molecule has 2 aromatic rings. The summed E-state index contributed by atoms with van der Waals surface area (Å²) >= 11 is 0. The fourth-order valence-electron chi connectivity index (χ4n) is 2.02. The van der Waals surface area contributed by atoms with E-state index in [1.54, 1.807) is 13.3 Å². The number of hydrogen-bond donors (Lipinski definition) is 2. The number of aromatic nitrogens is 2. The standard InChI is InChI=1S/C13H16N2O2/c1-10-12(8-14-15-10)13(16,9-17-2)11-6-4-3-5-7-11/h3-8,16H,9H2,1-2H3,(H,14,15). The van der Waals surface area contributed by atoms with Gasteiger partial charge >= 0.3 is 0 Å². The van der Waals surface area contributed by atoms with Gasteiger partial charge in [0.25, 0.3) is 0 Å². The largest absolute Gasteiger partial charge is 0.381 e. The molecule has 1 atom stereocenters. The van der Waals surface area contributed by atoms with Gasteiger partial charge in [-0.1, -0.05) is 30.3 Å². The highest BCUT2D eigenvalue weighted by Gasteiger charge is 2.34. The number of aryl methyl sites for hydroxylation is 1. The number of rotatable bonds is 4. The molecule has 0 saturated carbocycles. The first-order valence-corrected chi connectivity index (χ1v) is 5.46. The maximum Gasteiger partial charge on any atom is 0.141 e. The lowest BCUT2D eigenvalue weighted by Gasteiger charge is -2.27. The van der Waals surface area contributed by atoms with Crippen LogP contribution < -0.4 is 0 Å².